The van der Waals surface area contributed by atoms with Crippen LogP contribution in [0.4, 0.5) is 16.3 Å². The van der Waals surface area contributed by atoms with E-state index in [1.54, 1.807) is 0 Å². The van der Waals surface area contributed by atoms with Crippen LogP contribution < -0.4 is 15.5 Å². The fraction of sp³-hybridized carbons (Fsp3) is 0.476. The maximum atomic E-state index is 11.7. The van der Waals surface area contributed by atoms with Gasteiger partial charge in [0.1, 0.15) is 11.4 Å². The Kier molecular flexibility index (Phi) is 4.60. The number of carbonyl (C=O) groups is 1. The summed E-state index contributed by atoms with van der Waals surface area (Å²) in [5, 5.41) is 5.54. The standard InChI is InChI=1S/C21H25N5O3/c1-2-22-20(27)23-15-5-3-14(4-6-15)18-24-17-16(13-29-21(17)7-8-21)19(25-18)26-9-11-28-12-10-26/h3-6H,2,7-13H2,1H3,(H2,22,23,27). The fourth-order valence-corrected chi connectivity index (χ4v) is 3.96. The molecule has 2 N–H and O–H groups in total. The second-order valence-corrected chi connectivity index (χ2v) is 7.64. The molecule has 0 unspecified atom stereocenters. The van der Waals surface area contributed by atoms with Crippen LogP contribution in [0.15, 0.2) is 24.3 Å². The molecule has 29 heavy (non-hydrogen) atoms. The molecule has 8 nitrogen and oxygen atoms in total. The van der Waals surface area contributed by atoms with Crippen LogP contribution in [-0.2, 0) is 21.7 Å². The maximum absolute atomic E-state index is 11.7. The Bertz CT molecular complexity index is 921. The number of urea groups is 1. The zero-order valence-corrected chi connectivity index (χ0v) is 16.5. The van der Waals surface area contributed by atoms with Crippen LogP contribution in [0, 0.1) is 0 Å². The van der Waals surface area contributed by atoms with E-state index in [0.29, 0.717) is 32.2 Å². The molecule has 2 aliphatic heterocycles. The number of carbonyl (C=O) groups excluding carboxylic acids is 1. The van der Waals surface area contributed by atoms with Gasteiger partial charge in [-0.3, -0.25) is 0 Å². The van der Waals surface area contributed by atoms with Crippen LogP contribution in [0.2, 0.25) is 0 Å². The third-order valence-corrected chi connectivity index (χ3v) is 5.66. The van der Waals surface area contributed by atoms with Crippen molar-refractivity contribution in [2.24, 2.45) is 0 Å². The highest BCUT2D eigenvalue weighted by Crippen LogP contribution is 2.55. The first-order valence-corrected chi connectivity index (χ1v) is 10.2. The number of fused-ring (bicyclic) bond motifs is 2. The van der Waals surface area contributed by atoms with E-state index in [-0.39, 0.29) is 11.6 Å². The summed E-state index contributed by atoms with van der Waals surface area (Å²) in [6, 6.07) is 7.43. The van der Waals surface area contributed by atoms with Gasteiger partial charge in [0.2, 0.25) is 0 Å². The largest absolute Gasteiger partial charge is 0.378 e. The van der Waals surface area contributed by atoms with Crippen molar-refractivity contribution in [3.63, 3.8) is 0 Å². The van der Waals surface area contributed by atoms with Crippen molar-refractivity contribution in [1.82, 2.24) is 15.3 Å². The first-order valence-electron chi connectivity index (χ1n) is 10.2. The summed E-state index contributed by atoms with van der Waals surface area (Å²) in [6.45, 7) is 6.12. The van der Waals surface area contributed by atoms with Gasteiger partial charge in [0.05, 0.1) is 25.5 Å². The molecule has 0 radical (unpaired) electrons. The van der Waals surface area contributed by atoms with Gasteiger partial charge in [-0.15, -0.1) is 0 Å². The van der Waals surface area contributed by atoms with Crippen molar-refractivity contribution in [2.75, 3.05) is 43.1 Å². The predicted octanol–water partition coefficient (Wildman–Crippen LogP) is 2.64. The van der Waals surface area contributed by atoms with Gasteiger partial charge in [0.15, 0.2) is 5.82 Å². The van der Waals surface area contributed by atoms with E-state index in [2.05, 4.69) is 15.5 Å². The van der Waals surface area contributed by atoms with Crippen LogP contribution in [0.5, 0.6) is 0 Å². The van der Waals surface area contributed by atoms with E-state index in [9.17, 15) is 4.79 Å². The Morgan fingerprint density at radius 2 is 1.93 bits per heavy atom. The SMILES string of the molecule is CCNC(=O)Nc1ccc(-c2nc(N3CCOCC3)c3c(n2)C2(CC2)OC3)cc1. The molecule has 152 valence electrons. The molecule has 1 saturated carbocycles. The molecule has 0 bridgehead atoms. The fourth-order valence-electron chi connectivity index (χ4n) is 3.96. The minimum Gasteiger partial charge on any atom is -0.378 e. The van der Waals surface area contributed by atoms with Gasteiger partial charge in [0.25, 0.3) is 0 Å². The molecule has 2 amide bonds. The molecule has 3 heterocycles. The first kappa shape index (κ1) is 18.3. The highest BCUT2D eigenvalue weighted by molar-refractivity contribution is 5.89. The molecular weight excluding hydrogens is 370 g/mol. The van der Waals surface area contributed by atoms with E-state index >= 15 is 0 Å². The van der Waals surface area contributed by atoms with E-state index in [1.807, 2.05) is 31.2 Å². The minimum absolute atomic E-state index is 0.201. The molecule has 1 saturated heterocycles. The number of benzene rings is 1. The molecule has 0 atom stereocenters. The lowest BCUT2D eigenvalue weighted by Gasteiger charge is -2.29. The Labute approximate surface area is 169 Å². The Balaban J connectivity index is 1.48. The third kappa shape index (κ3) is 3.42. The van der Waals surface area contributed by atoms with E-state index in [4.69, 9.17) is 19.4 Å². The molecular formula is C21H25N5O3. The number of rotatable bonds is 4. The van der Waals surface area contributed by atoms with Crippen LogP contribution in [0.3, 0.4) is 0 Å². The molecule has 5 rings (SSSR count). The van der Waals surface area contributed by atoms with Crippen molar-refractivity contribution < 1.29 is 14.3 Å². The van der Waals surface area contributed by atoms with Gasteiger partial charge >= 0.3 is 6.03 Å². The van der Waals surface area contributed by atoms with E-state index < -0.39 is 0 Å². The summed E-state index contributed by atoms with van der Waals surface area (Å²) in [4.78, 5) is 23.8. The van der Waals surface area contributed by atoms with Gasteiger partial charge < -0.3 is 25.0 Å². The molecule has 1 aromatic carbocycles. The predicted molar refractivity (Wildman–Crippen MR) is 109 cm³/mol. The van der Waals surface area contributed by atoms with Crippen molar-refractivity contribution >= 4 is 17.5 Å². The van der Waals surface area contributed by atoms with Crippen molar-refractivity contribution in [3.8, 4) is 11.4 Å². The van der Waals surface area contributed by atoms with Gasteiger partial charge in [-0.25, -0.2) is 14.8 Å². The smallest absolute Gasteiger partial charge is 0.319 e. The molecule has 8 heteroatoms. The molecule has 1 aromatic heterocycles. The lowest BCUT2D eigenvalue weighted by Crippen LogP contribution is -2.37. The second-order valence-electron chi connectivity index (χ2n) is 7.64. The summed E-state index contributed by atoms with van der Waals surface area (Å²) in [6.07, 6.45) is 2.04. The number of hydrogen-bond donors (Lipinski definition) is 2. The summed E-state index contributed by atoms with van der Waals surface area (Å²) in [5.74, 6) is 1.67. The Morgan fingerprint density at radius 3 is 2.62 bits per heavy atom. The van der Waals surface area contributed by atoms with Crippen molar-refractivity contribution in [2.45, 2.75) is 32.0 Å². The van der Waals surface area contributed by atoms with Crippen molar-refractivity contribution in [1.29, 1.82) is 0 Å². The zero-order valence-electron chi connectivity index (χ0n) is 16.5. The first-order chi connectivity index (χ1) is 14.2. The van der Waals surface area contributed by atoms with E-state index in [1.165, 1.54) is 0 Å². The number of hydrogen-bond acceptors (Lipinski definition) is 6. The summed E-state index contributed by atoms with van der Waals surface area (Å²) in [5.41, 5.74) is 3.63. The summed E-state index contributed by atoms with van der Waals surface area (Å²) < 4.78 is 11.6. The monoisotopic (exact) mass is 395 g/mol. The van der Waals surface area contributed by atoms with Gasteiger partial charge in [-0.05, 0) is 44.0 Å². The van der Waals surface area contributed by atoms with Crippen LogP contribution in [0.25, 0.3) is 11.4 Å². The molecule has 2 aromatic rings. The summed E-state index contributed by atoms with van der Waals surface area (Å²) in [7, 11) is 0. The number of ether oxygens (including phenoxy) is 2. The summed E-state index contributed by atoms with van der Waals surface area (Å²) >= 11 is 0. The molecule has 2 fully saturated rings. The number of amides is 2. The van der Waals surface area contributed by atoms with Crippen molar-refractivity contribution in [3.05, 3.63) is 35.5 Å². The highest BCUT2D eigenvalue weighted by Gasteiger charge is 2.53. The molecule has 3 aliphatic rings. The van der Waals surface area contributed by atoms with Gasteiger partial charge in [-0.1, -0.05) is 0 Å². The van der Waals surface area contributed by atoms with Gasteiger partial charge in [-0.2, -0.15) is 0 Å². The number of nitrogens with zero attached hydrogens (tertiary/aromatic N) is 3. The Hall–Kier alpha value is -2.71. The lowest BCUT2D eigenvalue weighted by molar-refractivity contribution is 0.0423. The average Bonchev–Trinajstić information content (AvgIpc) is 3.45. The minimum atomic E-state index is -0.212. The normalized spacial score (nSPS) is 19.1. The lowest BCUT2D eigenvalue weighted by atomic mass is 10.1. The number of nitrogens with one attached hydrogen (secondary N) is 2. The van der Waals surface area contributed by atoms with Gasteiger partial charge in [0, 0.05) is 36.4 Å². The Morgan fingerprint density at radius 1 is 1.17 bits per heavy atom. The maximum Gasteiger partial charge on any atom is 0.319 e. The molecule has 1 spiro atoms. The number of anilines is 2. The van der Waals surface area contributed by atoms with Crippen LogP contribution in [0.1, 0.15) is 31.0 Å². The van der Waals surface area contributed by atoms with Crippen LogP contribution >= 0.6 is 0 Å². The van der Waals surface area contributed by atoms with Crippen LogP contribution in [-0.4, -0.2) is 48.8 Å². The second kappa shape index (κ2) is 7.27. The third-order valence-electron chi connectivity index (χ3n) is 5.66. The zero-order chi connectivity index (χ0) is 19.8. The quantitative estimate of drug-likeness (QED) is 0.827. The topological polar surface area (TPSA) is 88.6 Å². The van der Waals surface area contributed by atoms with E-state index in [0.717, 1.165) is 54.3 Å². The highest BCUT2D eigenvalue weighted by atomic mass is 16.5. The number of morpholine rings is 1. The number of aromatic nitrogens is 2. The average molecular weight is 395 g/mol. The molecule has 1 aliphatic carbocycles.